The maximum atomic E-state index is 4.06. The highest BCUT2D eigenvalue weighted by Crippen LogP contribution is 2.10. The molecule has 0 aliphatic rings. The average molecular weight is 281 g/mol. The first-order valence-corrected chi connectivity index (χ1v) is 8.69. The topological polar surface area (TPSA) is 30.7 Å². The van der Waals surface area contributed by atoms with Crippen LogP contribution in [0.25, 0.3) is 0 Å². The molecule has 0 saturated carbocycles. The lowest BCUT2D eigenvalue weighted by molar-refractivity contribution is 0.507. The van der Waals surface area contributed by atoms with E-state index in [4.69, 9.17) is 0 Å². The summed E-state index contributed by atoms with van der Waals surface area (Å²) in [6.45, 7) is 9.29. The highest BCUT2D eigenvalue weighted by molar-refractivity contribution is 4.86. The predicted molar refractivity (Wildman–Crippen MR) is 88.0 cm³/mol. The first-order valence-electron chi connectivity index (χ1n) is 8.69. The van der Waals surface area contributed by atoms with E-state index >= 15 is 0 Å². The molecule has 0 saturated heterocycles. The van der Waals surface area contributed by atoms with E-state index < -0.39 is 0 Å². The van der Waals surface area contributed by atoms with Crippen molar-refractivity contribution in [3.05, 3.63) is 11.9 Å². The fourth-order valence-electron chi connectivity index (χ4n) is 2.27. The second-order valence-electron chi connectivity index (χ2n) is 5.30. The molecule has 20 heavy (non-hydrogen) atoms. The molecule has 0 radical (unpaired) electrons. The molecule has 0 fully saturated rings. The number of aryl methyl sites for hydroxylation is 2. The predicted octanol–water partition coefficient (Wildman–Crippen LogP) is 5.53. The molecule has 1 rings (SSSR count). The minimum absolute atomic E-state index is 1.02. The van der Waals surface area contributed by atoms with Gasteiger partial charge in [0, 0.05) is 12.7 Å². The van der Waals surface area contributed by atoms with Crippen LogP contribution in [-0.2, 0) is 6.54 Å². The lowest BCUT2D eigenvalue weighted by Gasteiger charge is -2.02. The molecule has 0 aromatic carbocycles. The highest BCUT2D eigenvalue weighted by atomic mass is 15.4. The van der Waals surface area contributed by atoms with E-state index in [0.29, 0.717) is 0 Å². The summed E-state index contributed by atoms with van der Waals surface area (Å²) in [6.07, 6.45) is 15.9. The van der Waals surface area contributed by atoms with Crippen LogP contribution < -0.4 is 0 Å². The molecule has 118 valence electrons. The molecule has 0 aliphatic heterocycles. The van der Waals surface area contributed by atoms with Crippen LogP contribution in [0.4, 0.5) is 0 Å². The van der Waals surface area contributed by atoms with Gasteiger partial charge in [-0.3, -0.25) is 4.68 Å². The molecule has 0 unspecified atom stereocenters. The van der Waals surface area contributed by atoms with Gasteiger partial charge in [0.2, 0.25) is 0 Å². The van der Waals surface area contributed by atoms with Gasteiger partial charge in [0.1, 0.15) is 0 Å². The minimum atomic E-state index is 1.02. The summed E-state index contributed by atoms with van der Waals surface area (Å²) in [7, 11) is 0. The largest absolute Gasteiger partial charge is 0.252 e. The van der Waals surface area contributed by atoms with E-state index in [1.165, 1.54) is 64.2 Å². The van der Waals surface area contributed by atoms with Gasteiger partial charge in [-0.1, -0.05) is 83.8 Å². The third-order valence-corrected chi connectivity index (χ3v) is 3.39. The van der Waals surface area contributed by atoms with E-state index in [0.717, 1.165) is 12.2 Å². The molecule has 0 amide bonds. The Morgan fingerprint density at radius 2 is 1.35 bits per heavy atom. The Hall–Kier alpha value is -0.860. The molecule has 0 aliphatic carbocycles. The van der Waals surface area contributed by atoms with Crippen LogP contribution >= 0.6 is 0 Å². The van der Waals surface area contributed by atoms with Crippen molar-refractivity contribution < 1.29 is 0 Å². The van der Waals surface area contributed by atoms with Crippen molar-refractivity contribution in [2.75, 3.05) is 0 Å². The fraction of sp³-hybridized carbons (Fsp3) is 0.882. The van der Waals surface area contributed by atoms with Crippen molar-refractivity contribution in [2.24, 2.45) is 0 Å². The van der Waals surface area contributed by atoms with E-state index in [1.807, 2.05) is 31.6 Å². The molecule has 0 atom stereocenters. The molecule has 0 spiro atoms. The Kier molecular flexibility index (Phi) is 13.9. The third-order valence-electron chi connectivity index (χ3n) is 3.39. The van der Waals surface area contributed by atoms with Crippen molar-refractivity contribution in [2.45, 2.75) is 98.4 Å². The summed E-state index contributed by atoms with van der Waals surface area (Å²) in [5.74, 6) is 0. The molecule has 1 aromatic heterocycles. The standard InChI is InChI=1S/C15H29N3.C2H6/c1-3-4-5-6-7-8-9-10-11-12-13-18-14-15(2)16-17-18;1-2/h14H,3-13H2,1-2H3;1-2H3. The van der Waals surface area contributed by atoms with Gasteiger partial charge in [0.15, 0.2) is 0 Å². The number of hydrogen-bond acceptors (Lipinski definition) is 2. The van der Waals surface area contributed by atoms with E-state index in [1.54, 1.807) is 0 Å². The van der Waals surface area contributed by atoms with Crippen LogP contribution in [0.2, 0.25) is 0 Å². The Balaban J connectivity index is 0.00000172. The number of hydrogen-bond donors (Lipinski definition) is 0. The Morgan fingerprint density at radius 1 is 0.850 bits per heavy atom. The molecule has 3 nitrogen and oxygen atoms in total. The summed E-state index contributed by atoms with van der Waals surface area (Å²) >= 11 is 0. The minimum Gasteiger partial charge on any atom is -0.252 e. The second-order valence-corrected chi connectivity index (χ2v) is 5.30. The third kappa shape index (κ3) is 11.0. The summed E-state index contributed by atoms with van der Waals surface area (Å²) in [5.41, 5.74) is 1.02. The van der Waals surface area contributed by atoms with Gasteiger partial charge < -0.3 is 0 Å². The Bertz CT molecular complexity index is 294. The lowest BCUT2D eigenvalue weighted by atomic mass is 10.1. The van der Waals surface area contributed by atoms with Crippen LogP contribution in [0.1, 0.15) is 90.7 Å². The average Bonchev–Trinajstić information content (AvgIpc) is 2.89. The first kappa shape index (κ1) is 19.1. The normalized spacial score (nSPS) is 10.2. The smallest absolute Gasteiger partial charge is 0.0796 e. The maximum absolute atomic E-state index is 4.06. The zero-order valence-corrected chi connectivity index (χ0v) is 14.2. The number of unbranched alkanes of at least 4 members (excludes halogenated alkanes) is 9. The monoisotopic (exact) mass is 281 g/mol. The number of rotatable bonds is 11. The SMILES string of the molecule is CC.CCCCCCCCCCCCn1cc(C)nn1. The molecule has 1 heterocycles. The molecule has 0 N–H and O–H groups in total. The van der Waals surface area contributed by atoms with Gasteiger partial charge in [-0.25, -0.2) is 0 Å². The number of aromatic nitrogens is 3. The van der Waals surface area contributed by atoms with E-state index in [2.05, 4.69) is 17.2 Å². The van der Waals surface area contributed by atoms with Gasteiger partial charge in [0.05, 0.1) is 5.69 Å². The first-order chi connectivity index (χ1) is 9.83. The van der Waals surface area contributed by atoms with Gasteiger partial charge in [-0.05, 0) is 13.3 Å². The Morgan fingerprint density at radius 3 is 1.80 bits per heavy atom. The van der Waals surface area contributed by atoms with Crippen LogP contribution in [-0.4, -0.2) is 15.0 Å². The van der Waals surface area contributed by atoms with Crippen molar-refractivity contribution in [3.63, 3.8) is 0 Å². The quantitative estimate of drug-likeness (QED) is 0.499. The summed E-state index contributed by atoms with van der Waals surface area (Å²) in [6, 6.07) is 0. The zero-order chi connectivity index (χ0) is 15.1. The van der Waals surface area contributed by atoms with Crippen molar-refractivity contribution in [1.29, 1.82) is 0 Å². The van der Waals surface area contributed by atoms with Crippen LogP contribution in [0.3, 0.4) is 0 Å². The molecule has 3 heteroatoms. The summed E-state index contributed by atoms with van der Waals surface area (Å²) < 4.78 is 1.96. The van der Waals surface area contributed by atoms with Crippen molar-refractivity contribution >= 4 is 0 Å². The lowest BCUT2D eigenvalue weighted by Crippen LogP contribution is -1.98. The van der Waals surface area contributed by atoms with Gasteiger partial charge in [0.25, 0.3) is 0 Å². The summed E-state index contributed by atoms with van der Waals surface area (Å²) in [4.78, 5) is 0. The van der Waals surface area contributed by atoms with E-state index in [9.17, 15) is 0 Å². The highest BCUT2D eigenvalue weighted by Gasteiger charge is 1.96. The van der Waals surface area contributed by atoms with Crippen molar-refractivity contribution in [1.82, 2.24) is 15.0 Å². The van der Waals surface area contributed by atoms with Crippen molar-refractivity contribution in [3.8, 4) is 0 Å². The molecule has 0 bridgehead atoms. The van der Waals surface area contributed by atoms with E-state index in [-0.39, 0.29) is 0 Å². The van der Waals surface area contributed by atoms with Gasteiger partial charge in [-0.15, -0.1) is 5.10 Å². The molecule has 1 aromatic rings. The second kappa shape index (κ2) is 14.5. The summed E-state index contributed by atoms with van der Waals surface area (Å²) in [5, 5.41) is 8.05. The molecular formula is C17H35N3. The fourth-order valence-corrected chi connectivity index (χ4v) is 2.27. The van der Waals surface area contributed by atoms with Crippen LogP contribution in [0.15, 0.2) is 6.20 Å². The Labute approximate surface area is 126 Å². The van der Waals surface area contributed by atoms with Gasteiger partial charge >= 0.3 is 0 Å². The van der Waals surface area contributed by atoms with Crippen LogP contribution in [0, 0.1) is 6.92 Å². The van der Waals surface area contributed by atoms with Crippen LogP contribution in [0.5, 0.6) is 0 Å². The number of nitrogens with zero attached hydrogens (tertiary/aromatic N) is 3. The van der Waals surface area contributed by atoms with Gasteiger partial charge in [-0.2, -0.15) is 0 Å². The zero-order valence-electron chi connectivity index (χ0n) is 14.2. The molecular weight excluding hydrogens is 246 g/mol. The maximum Gasteiger partial charge on any atom is 0.0796 e.